The Morgan fingerprint density at radius 2 is 1.77 bits per heavy atom. The summed E-state index contributed by atoms with van der Waals surface area (Å²) >= 11 is 0. The number of rotatable bonds is 11. The zero-order valence-corrected chi connectivity index (χ0v) is 36.0. The van der Waals surface area contributed by atoms with Crippen molar-refractivity contribution in [1.82, 2.24) is 25.5 Å². The van der Waals surface area contributed by atoms with Crippen molar-refractivity contribution < 1.29 is 37.1 Å². The van der Waals surface area contributed by atoms with Gasteiger partial charge in [-0.1, -0.05) is 13.0 Å². The van der Waals surface area contributed by atoms with E-state index in [1.807, 2.05) is 6.07 Å². The molecule has 4 fully saturated rings. The molecule has 1 spiro atoms. The van der Waals surface area contributed by atoms with Gasteiger partial charge in [-0.15, -0.1) is 0 Å². The molecular weight excluding hydrogens is 804 g/mol. The van der Waals surface area contributed by atoms with Gasteiger partial charge in [-0.3, -0.25) is 24.5 Å². The number of nitrogens with one attached hydrogen (secondary N) is 3. The molecule has 4 amide bonds. The highest BCUT2D eigenvalue weighted by molar-refractivity contribution is 6.02. The number of alkyl halides is 2. The second-order valence-corrected chi connectivity index (χ2v) is 18.6. The van der Waals surface area contributed by atoms with Gasteiger partial charge in [-0.2, -0.15) is 13.8 Å². The molecule has 1 aromatic heterocycles. The smallest absolute Gasteiger partial charge is 0.342 e. The van der Waals surface area contributed by atoms with Crippen molar-refractivity contribution in [2.24, 2.45) is 10.8 Å². The Morgan fingerprint density at radius 3 is 2.47 bits per heavy atom. The van der Waals surface area contributed by atoms with Gasteiger partial charge in [-0.05, 0) is 125 Å². The lowest BCUT2D eigenvalue weighted by atomic mass is 9.60. The number of anilines is 5. The lowest BCUT2D eigenvalue weighted by molar-refractivity contribution is -0.140. The number of benzene rings is 2. The third kappa shape index (κ3) is 8.64. The Balaban J connectivity index is 0.800. The number of imide groups is 1. The number of hydrogen-bond donors (Lipinski definition) is 3. The van der Waals surface area contributed by atoms with Gasteiger partial charge < -0.3 is 35.0 Å². The van der Waals surface area contributed by atoms with Gasteiger partial charge in [0.25, 0.3) is 11.8 Å². The summed E-state index contributed by atoms with van der Waals surface area (Å²) in [4.78, 5) is 65.6. The SMILES string of the molecule is COc1cc(C(=O)NC2CC3(CCN(CCC4(C)CCN(c5ccc(C6CCC(=O)NC6=O)cc5F)C4)CC3)C2)ccc1Nc1ncc2c(n1)N(C(C)C)CC(F)(F)C(=O)N2C. The number of amides is 4. The van der Waals surface area contributed by atoms with Crippen molar-refractivity contribution in [3.63, 3.8) is 0 Å². The molecule has 0 bridgehead atoms. The largest absolute Gasteiger partial charge is 0.495 e. The highest BCUT2D eigenvalue weighted by atomic mass is 19.3. The molecule has 3 saturated heterocycles. The van der Waals surface area contributed by atoms with Gasteiger partial charge in [0.15, 0.2) is 5.82 Å². The van der Waals surface area contributed by atoms with Gasteiger partial charge in [-0.25, -0.2) is 9.37 Å². The predicted octanol–water partition coefficient (Wildman–Crippen LogP) is 6.00. The van der Waals surface area contributed by atoms with E-state index >= 15 is 4.39 Å². The number of carbonyl (C=O) groups excluding carboxylic acids is 4. The summed E-state index contributed by atoms with van der Waals surface area (Å²) < 4.78 is 50.6. The van der Waals surface area contributed by atoms with Crippen LogP contribution >= 0.6 is 0 Å². The number of hydrogen-bond acceptors (Lipinski definition) is 11. The van der Waals surface area contributed by atoms with Crippen molar-refractivity contribution in [3.8, 4) is 5.75 Å². The van der Waals surface area contributed by atoms with Crippen molar-refractivity contribution in [3.05, 3.63) is 59.5 Å². The molecule has 2 aromatic carbocycles. The van der Waals surface area contributed by atoms with Crippen LogP contribution in [0.15, 0.2) is 42.6 Å². The minimum absolute atomic E-state index is 0.0547. The molecule has 2 unspecified atom stereocenters. The maximum absolute atomic E-state index is 15.4. The molecular formula is C45H56F3N9O5. The molecule has 17 heteroatoms. The number of nitrogens with zero attached hydrogens (tertiary/aromatic N) is 6. The van der Waals surface area contributed by atoms with Crippen LogP contribution in [-0.2, 0) is 14.4 Å². The van der Waals surface area contributed by atoms with Gasteiger partial charge in [0.05, 0.1) is 37.1 Å². The number of methoxy groups -OCH3 is 1. The number of likely N-dealkylation sites (tertiary alicyclic amines) is 1. The maximum atomic E-state index is 15.4. The summed E-state index contributed by atoms with van der Waals surface area (Å²) in [7, 11) is 2.77. The average Bonchev–Trinajstić information content (AvgIpc) is 3.59. The normalized spacial score (nSPS) is 23.9. The number of piperidine rings is 2. The maximum Gasteiger partial charge on any atom is 0.342 e. The molecule has 62 heavy (non-hydrogen) atoms. The summed E-state index contributed by atoms with van der Waals surface area (Å²) in [6, 6.07) is 9.77. The average molecular weight is 860 g/mol. The number of ether oxygens (including phenoxy) is 1. The fraction of sp³-hybridized carbons (Fsp3) is 0.556. The number of halogens is 3. The van der Waals surface area contributed by atoms with E-state index in [-0.39, 0.29) is 70.3 Å². The molecule has 0 radical (unpaired) electrons. The van der Waals surface area contributed by atoms with Gasteiger partial charge in [0.1, 0.15) is 17.3 Å². The van der Waals surface area contributed by atoms with Gasteiger partial charge >= 0.3 is 5.92 Å². The molecule has 1 aliphatic carbocycles. The molecule has 8 rings (SSSR count). The van der Waals surface area contributed by atoms with Crippen LogP contribution in [0.5, 0.6) is 5.75 Å². The van der Waals surface area contributed by atoms with E-state index < -0.39 is 24.3 Å². The first-order valence-corrected chi connectivity index (χ1v) is 21.6. The van der Waals surface area contributed by atoms with Crippen LogP contribution in [0, 0.1) is 16.6 Å². The van der Waals surface area contributed by atoms with Crippen molar-refractivity contribution in [2.75, 3.05) is 73.4 Å². The fourth-order valence-electron chi connectivity index (χ4n) is 9.95. The van der Waals surface area contributed by atoms with Crippen LogP contribution in [0.3, 0.4) is 0 Å². The van der Waals surface area contributed by atoms with Crippen molar-refractivity contribution in [1.29, 1.82) is 0 Å². The van der Waals surface area contributed by atoms with E-state index in [1.165, 1.54) is 31.3 Å². The summed E-state index contributed by atoms with van der Waals surface area (Å²) in [5, 5.41) is 8.65. The Morgan fingerprint density at radius 1 is 1.02 bits per heavy atom. The Labute approximate surface area is 359 Å². The first-order valence-electron chi connectivity index (χ1n) is 21.6. The Hall–Kier alpha value is -5.45. The van der Waals surface area contributed by atoms with Crippen LogP contribution in [0.1, 0.15) is 94.0 Å². The second-order valence-electron chi connectivity index (χ2n) is 18.6. The Kier molecular flexibility index (Phi) is 11.6. The van der Waals surface area contributed by atoms with Crippen molar-refractivity contribution in [2.45, 2.75) is 96.1 Å². The zero-order chi connectivity index (χ0) is 44.1. The second kappa shape index (κ2) is 16.7. The van der Waals surface area contributed by atoms with E-state index in [1.54, 1.807) is 38.1 Å². The van der Waals surface area contributed by atoms with Gasteiger partial charge in [0, 0.05) is 44.2 Å². The molecule has 4 aliphatic heterocycles. The monoisotopic (exact) mass is 859 g/mol. The van der Waals surface area contributed by atoms with E-state index in [9.17, 15) is 28.0 Å². The highest BCUT2D eigenvalue weighted by Crippen LogP contribution is 2.49. The zero-order valence-electron chi connectivity index (χ0n) is 36.0. The molecule has 3 N–H and O–H groups in total. The van der Waals surface area contributed by atoms with Crippen LogP contribution in [0.4, 0.5) is 42.0 Å². The standard InChI is InChI=1S/C45H56F3N9O5/c1-27(2)57-26-45(47,48)41(61)54(4)35-24-49-42(53-38(35)57)51-33-9-6-29(21-36(33)62-5)39(59)50-30-22-44(23-30)14-17-55(18-15-44)16-12-43(3)13-19-56(25-43)34-10-7-28(20-32(34)46)31-8-11-37(58)52-40(31)60/h6-7,9-10,20-21,24,27,30-31H,8,11-19,22-23,25-26H2,1-5H3,(H,50,59)(H,49,51,53)(H,52,58,60). The molecule has 2 atom stereocenters. The number of fused-ring (bicyclic) bond motifs is 1. The summed E-state index contributed by atoms with van der Waals surface area (Å²) in [5.41, 5.74) is 2.53. The lowest BCUT2D eigenvalue weighted by Gasteiger charge is -2.52. The lowest BCUT2D eigenvalue weighted by Crippen LogP contribution is -2.55. The molecule has 1 saturated carbocycles. The quantitative estimate of drug-likeness (QED) is 0.195. The predicted molar refractivity (Wildman–Crippen MR) is 229 cm³/mol. The van der Waals surface area contributed by atoms with E-state index in [2.05, 4.69) is 42.6 Å². The summed E-state index contributed by atoms with van der Waals surface area (Å²) in [6.45, 7) is 9.51. The van der Waals surface area contributed by atoms with E-state index in [4.69, 9.17) is 4.74 Å². The van der Waals surface area contributed by atoms with Gasteiger partial charge in [0.2, 0.25) is 17.8 Å². The fourth-order valence-corrected chi connectivity index (χ4v) is 9.95. The number of carbonyl (C=O) groups is 4. The third-order valence-electron chi connectivity index (χ3n) is 13.9. The number of aromatic nitrogens is 2. The Bertz CT molecular complexity index is 2240. The first-order chi connectivity index (χ1) is 29.4. The highest BCUT2D eigenvalue weighted by Gasteiger charge is 2.48. The van der Waals surface area contributed by atoms with Crippen LogP contribution in [0.25, 0.3) is 0 Å². The van der Waals surface area contributed by atoms with E-state index in [0.717, 1.165) is 76.1 Å². The first kappa shape index (κ1) is 43.2. The molecule has 14 nitrogen and oxygen atoms in total. The molecule has 3 aromatic rings. The summed E-state index contributed by atoms with van der Waals surface area (Å²) in [6.07, 6.45) is 8.00. The molecule has 5 aliphatic rings. The van der Waals surface area contributed by atoms with Crippen molar-refractivity contribution >= 4 is 52.5 Å². The topological polar surface area (TPSA) is 152 Å². The summed E-state index contributed by atoms with van der Waals surface area (Å²) in [5.74, 6) is -5.92. The van der Waals surface area contributed by atoms with E-state index in [0.29, 0.717) is 34.7 Å². The van der Waals surface area contributed by atoms with Crippen LogP contribution in [0.2, 0.25) is 0 Å². The molecule has 5 heterocycles. The van der Waals surface area contributed by atoms with Crippen LogP contribution in [-0.4, -0.2) is 110 Å². The molecule has 332 valence electrons. The van der Waals surface area contributed by atoms with Crippen LogP contribution < -0.4 is 35.4 Å². The third-order valence-corrected chi connectivity index (χ3v) is 13.9. The minimum atomic E-state index is -3.60. The minimum Gasteiger partial charge on any atom is -0.495 e.